The maximum Gasteiger partial charge on any atom is 0.401 e. The van der Waals surface area contributed by atoms with Crippen LogP contribution in [0.4, 0.5) is 10.7 Å². The molecule has 33 heavy (non-hydrogen) atoms. The molecule has 3 amide bonds. The first-order valence-corrected chi connectivity index (χ1v) is 10.7. The van der Waals surface area contributed by atoms with Gasteiger partial charge in [0, 0.05) is 13.5 Å². The van der Waals surface area contributed by atoms with Crippen molar-refractivity contribution in [3.63, 3.8) is 0 Å². The van der Waals surface area contributed by atoms with E-state index in [9.17, 15) is 14.4 Å². The molecule has 10 nitrogen and oxygen atoms in total. The molecule has 0 aliphatic carbocycles. The first kappa shape index (κ1) is 22.5. The van der Waals surface area contributed by atoms with Crippen molar-refractivity contribution in [2.24, 2.45) is 4.99 Å². The first-order valence-electron chi connectivity index (χ1n) is 10.7. The summed E-state index contributed by atoms with van der Waals surface area (Å²) in [6.07, 6.45) is 2.57. The van der Waals surface area contributed by atoms with Crippen LogP contribution in [0.1, 0.15) is 31.1 Å². The lowest BCUT2D eigenvalue weighted by Crippen LogP contribution is -2.65. The molecule has 3 heterocycles. The number of benzene rings is 1. The maximum atomic E-state index is 13.3. The molecule has 1 saturated heterocycles. The molecule has 174 valence electrons. The molecule has 4 rings (SSSR count). The molecule has 1 fully saturated rings. The third-order valence-corrected chi connectivity index (χ3v) is 6.32. The fourth-order valence-corrected chi connectivity index (χ4v) is 4.29. The van der Waals surface area contributed by atoms with E-state index in [1.165, 1.54) is 11.8 Å². The first-order chi connectivity index (χ1) is 15.7. The number of hydrogen-bond acceptors (Lipinski definition) is 6. The van der Waals surface area contributed by atoms with Gasteiger partial charge >= 0.3 is 12.0 Å². The Kier molecular flexibility index (Phi) is 5.69. The van der Waals surface area contributed by atoms with Gasteiger partial charge in [0.1, 0.15) is 11.9 Å². The van der Waals surface area contributed by atoms with Gasteiger partial charge in [0.15, 0.2) is 17.3 Å². The van der Waals surface area contributed by atoms with E-state index < -0.39 is 24.0 Å². The van der Waals surface area contributed by atoms with Gasteiger partial charge in [-0.25, -0.2) is 18.8 Å². The van der Waals surface area contributed by atoms with Crippen LogP contribution in [0.5, 0.6) is 11.5 Å². The zero-order chi connectivity index (χ0) is 24.0. The van der Waals surface area contributed by atoms with Gasteiger partial charge in [0.2, 0.25) is 11.9 Å². The Morgan fingerprint density at radius 1 is 1.21 bits per heavy atom. The second-order valence-electron chi connectivity index (χ2n) is 8.28. The van der Waals surface area contributed by atoms with Crippen molar-refractivity contribution in [1.82, 2.24) is 14.4 Å². The van der Waals surface area contributed by atoms with Crippen molar-refractivity contribution in [1.29, 1.82) is 0 Å². The molecule has 2 atom stereocenters. The molecule has 0 spiro atoms. The topological polar surface area (TPSA) is 97.3 Å². The maximum absolute atomic E-state index is 13.3. The summed E-state index contributed by atoms with van der Waals surface area (Å²) in [5.41, 5.74) is 2.00. The number of Topliss-reactive ketones (excluding diaryl/α,β-unsaturated/α-hetero) is 1. The van der Waals surface area contributed by atoms with Crippen LogP contribution in [0.15, 0.2) is 29.4 Å². The van der Waals surface area contributed by atoms with E-state index in [1.807, 2.05) is 35.9 Å². The number of imidazole rings is 1. The molecule has 2 unspecified atom stereocenters. The Morgan fingerprint density at radius 2 is 1.91 bits per heavy atom. The third kappa shape index (κ3) is 3.55. The number of hydrogen-bond donors (Lipinski definition) is 0. The zero-order valence-electron chi connectivity index (χ0n) is 19.7. The number of aryl methyl sites for hydroxylation is 2. The molecule has 1 aromatic heterocycles. The second kappa shape index (κ2) is 8.34. The van der Waals surface area contributed by atoms with Crippen molar-refractivity contribution in [2.75, 3.05) is 21.3 Å². The minimum atomic E-state index is -0.841. The van der Waals surface area contributed by atoms with Gasteiger partial charge in [-0.05, 0) is 38.5 Å². The summed E-state index contributed by atoms with van der Waals surface area (Å²) in [5.74, 6) is 1.60. The number of urea groups is 1. The number of fused-ring (bicyclic) bond motifs is 3. The number of aromatic nitrogens is 2. The quantitative estimate of drug-likeness (QED) is 0.595. The number of carbonyl (C=O) groups is 3. The summed E-state index contributed by atoms with van der Waals surface area (Å²) in [7, 11) is 4.78. The van der Waals surface area contributed by atoms with Crippen LogP contribution in [0, 0.1) is 6.92 Å². The van der Waals surface area contributed by atoms with Crippen molar-refractivity contribution >= 4 is 29.5 Å². The van der Waals surface area contributed by atoms with Crippen LogP contribution in [-0.2, 0) is 22.6 Å². The number of amidine groups is 1. The normalized spacial score (nSPS) is 18.1. The molecule has 2 aromatic rings. The van der Waals surface area contributed by atoms with Gasteiger partial charge in [-0.15, -0.1) is 0 Å². The molecule has 0 bridgehead atoms. The molecule has 1 aromatic carbocycles. The Labute approximate surface area is 192 Å². The second-order valence-corrected chi connectivity index (χ2v) is 8.28. The van der Waals surface area contributed by atoms with Crippen LogP contribution in [0.3, 0.4) is 0 Å². The predicted molar refractivity (Wildman–Crippen MR) is 119 cm³/mol. The lowest BCUT2D eigenvalue weighted by Gasteiger charge is -2.35. The number of ether oxygens (including phenoxy) is 2. The minimum Gasteiger partial charge on any atom is -0.493 e. The highest BCUT2D eigenvalue weighted by molar-refractivity contribution is 6.20. The Hall–Kier alpha value is -3.69. The van der Waals surface area contributed by atoms with Gasteiger partial charge in [-0.2, -0.15) is 0 Å². The molecular formula is C23H28N5O5+. The van der Waals surface area contributed by atoms with Gasteiger partial charge < -0.3 is 9.47 Å². The standard InChI is InChI=1S/C23H28N5O5/c1-13-12-27-19-20(25(4)23(31)28(21(19)30)14(2)15(3)29)24-22(27)26(13)10-9-16-7-8-17(32-5)18(11-16)33-6/h7-8,11-12,14,19H,9-10H2,1-6H3/q+1. The minimum absolute atomic E-state index is 0.252. The molecule has 10 heteroatoms. The van der Waals surface area contributed by atoms with Gasteiger partial charge in [-0.3, -0.25) is 14.5 Å². The number of likely N-dealkylation sites (N-methyl/N-ethyl adjacent to an activating group) is 1. The number of aliphatic imine (C=N–C) groups is 1. The lowest BCUT2D eigenvalue weighted by molar-refractivity contribution is -0.677. The average molecular weight is 455 g/mol. The number of methoxy groups -OCH3 is 2. The number of rotatable bonds is 7. The van der Waals surface area contributed by atoms with Crippen molar-refractivity contribution in [3.05, 3.63) is 35.7 Å². The van der Waals surface area contributed by atoms with Crippen LogP contribution >= 0.6 is 0 Å². The molecule has 0 radical (unpaired) electrons. The Bertz CT molecular complexity index is 1180. The Balaban J connectivity index is 1.65. The fourth-order valence-electron chi connectivity index (χ4n) is 4.29. The lowest BCUT2D eigenvalue weighted by atomic mass is 10.1. The van der Waals surface area contributed by atoms with E-state index in [0.717, 1.165) is 16.2 Å². The molecule has 2 aliphatic heterocycles. The summed E-state index contributed by atoms with van der Waals surface area (Å²) in [4.78, 5) is 45.1. The highest BCUT2D eigenvalue weighted by atomic mass is 16.5. The molecule has 0 N–H and O–H groups in total. The van der Waals surface area contributed by atoms with E-state index in [2.05, 4.69) is 4.99 Å². The van der Waals surface area contributed by atoms with E-state index in [4.69, 9.17) is 9.47 Å². The summed E-state index contributed by atoms with van der Waals surface area (Å²) in [5, 5.41) is 0. The third-order valence-electron chi connectivity index (χ3n) is 6.32. The van der Waals surface area contributed by atoms with Crippen molar-refractivity contribution < 1.29 is 28.4 Å². The molecule has 0 saturated carbocycles. The van der Waals surface area contributed by atoms with Crippen molar-refractivity contribution in [2.45, 2.75) is 45.8 Å². The van der Waals surface area contributed by atoms with Crippen LogP contribution in [-0.4, -0.2) is 65.2 Å². The average Bonchev–Trinajstić information content (AvgIpc) is 3.30. The number of ketones is 1. The largest absolute Gasteiger partial charge is 0.493 e. The predicted octanol–water partition coefficient (Wildman–Crippen LogP) is 1.80. The van der Waals surface area contributed by atoms with E-state index in [-0.39, 0.29) is 5.78 Å². The van der Waals surface area contributed by atoms with Crippen LogP contribution in [0.25, 0.3) is 0 Å². The summed E-state index contributed by atoms with van der Waals surface area (Å²) >= 11 is 0. The smallest absolute Gasteiger partial charge is 0.401 e. The molecule has 2 aliphatic rings. The summed E-state index contributed by atoms with van der Waals surface area (Å²) in [6.45, 7) is 5.50. The monoisotopic (exact) mass is 454 g/mol. The summed E-state index contributed by atoms with van der Waals surface area (Å²) in [6, 6.07) is 3.63. The SMILES string of the molecule is COc1ccc(CCn2c(C)c[n+]3c2N=C2C3C(=O)N(C(C)C(C)=O)C(=O)N2C)cc1OC. The summed E-state index contributed by atoms with van der Waals surface area (Å²) < 4.78 is 14.5. The zero-order valence-corrected chi connectivity index (χ0v) is 19.7. The number of nitrogens with zero attached hydrogens (tertiary/aromatic N) is 5. The number of carbonyl (C=O) groups excluding carboxylic acids is 3. The molecular weight excluding hydrogens is 426 g/mol. The number of amides is 3. The van der Waals surface area contributed by atoms with Gasteiger partial charge in [0.25, 0.3) is 5.91 Å². The Morgan fingerprint density at radius 3 is 2.55 bits per heavy atom. The van der Waals surface area contributed by atoms with E-state index >= 15 is 0 Å². The fraction of sp³-hybridized carbons (Fsp3) is 0.435. The van der Waals surface area contributed by atoms with E-state index in [0.29, 0.717) is 36.2 Å². The van der Waals surface area contributed by atoms with Gasteiger partial charge in [-0.1, -0.05) is 11.1 Å². The van der Waals surface area contributed by atoms with Crippen molar-refractivity contribution in [3.8, 4) is 11.5 Å². The van der Waals surface area contributed by atoms with Crippen LogP contribution in [0.2, 0.25) is 0 Å². The number of imide groups is 1. The highest BCUT2D eigenvalue weighted by Crippen LogP contribution is 2.31. The highest BCUT2D eigenvalue weighted by Gasteiger charge is 2.54. The van der Waals surface area contributed by atoms with Gasteiger partial charge in [0.05, 0.1) is 26.8 Å². The van der Waals surface area contributed by atoms with Crippen LogP contribution < -0.4 is 14.0 Å². The van der Waals surface area contributed by atoms with E-state index in [1.54, 1.807) is 32.8 Å².